The van der Waals surface area contributed by atoms with Gasteiger partial charge >= 0.3 is 11.8 Å². The molecule has 1 amide bonds. The van der Waals surface area contributed by atoms with Gasteiger partial charge in [0, 0.05) is 5.56 Å². The zero-order chi connectivity index (χ0) is 20.7. The van der Waals surface area contributed by atoms with Crippen LogP contribution in [0.2, 0.25) is 0 Å². The number of benzene rings is 2. The molecule has 2 rings (SSSR count). The lowest BCUT2D eigenvalue weighted by Crippen LogP contribution is -2.59. The van der Waals surface area contributed by atoms with Gasteiger partial charge < -0.3 is 20.3 Å². The van der Waals surface area contributed by atoms with Gasteiger partial charge in [-0.15, -0.1) is 0 Å². The van der Waals surface area contributed by atoms with Gasteiger partial charge in [0.25, 0.3) is 5.91 Å². The summed E-state index contributed by atoms with van der Waals surface area (Å²) in [6.07, 6.45) is 0. The first-order valence-corrected chi connectivity index (χ1v) is 8.79. The SMILES string of the molecule is CC(C)[C@H](NC(=O)c1ccccc1)C(=O)C(O)(OCc1ccccc1)C(=O)O. The lowest BCUT2D eigenvalue weighted by Gasteiger charge is -2.29. The first kappa shape index (κ1) is 21.3. The average Bonchev–Trinajstić information content (AvgIpc) is 2.70. The molecule has 148 valence electrons. The van der Waals surface area contributed by atoms with Crippen molar-refractivity contribution in [1.29, 1.82) is 0 Å². The number of carbonyl (C=O) groups is 3. The standard InChI is InChI=1S/C21H23NO6/c1-14(2)17(22-19(24)16-11-7-4-8-12-16)18(23)21(27,20(25)26)28-13-15-9-5-3-6-10-15/h3-12,14,17,27H,13H2,1-2H3,(H,22,24)(H,25,26)/t17-,21?/m0/s1. The number of aliphatic hydroxyl groups is 1. The van der Waals surface area contributed by atoms with Gasteiger partial charge in [0.2, 0.25) is 5.78 Å². The normalized spacial score (nSPS) is 14.1. The van der Waals surface area contributed by atoms with Gasteiger partial charge in [-0.05, 0) is 23.6 Å². The molecule has 0 aromatic heterocycles. The molecule has 1 unspecified atom stereocenters. The minimum Gasteiger partial charge on any atom is -0.477 e. The van der Waals surface area contributed by atoms with Crippen molar-refractivity contribution in [2.24, 2.45) is 5.92 Å². The number of hydrogen-bond acceptors (Lipinski definition) is 5. The summed E-state index contributed by atoms with van der Waals surface area (Å²) in [5.41, 5.74) is 0.898. The second-order valence-electron chi connectivity index (χ2n) is 6.65. The van der Waals surface area contributed by atoms with Crippen LogP contribution in [0.5, 0.6) is 0 Å². The molecule has 7 heteroatoms. The van der Waals surface area contributed by atoms with Crippen LogP contribution in [0, 0.1) is 5.92 Å². The van der Waals surface area contributed by atoms with E-state index in [1.165, 1.54) is 0 Å². The second-order valence-corrected chi connectivity index (χ2v) is 6.65. The second kappa shape index (κ2) is 9.25. The van der Waals surface area contributed by atoms with E-state index in [9.17, 15) is 24.6 Å². The summed E-state index contributed by atoms with van der Waals surface area (Å²) in [7, 11) is 0. The van der Waals surface area contributed by atoms with Crippen molar-refractivity contribution in [2.75, 3.05) is 0 Å². The van der Waals surface area contributed by atoms with E-state index in [2.05, 4.69) is 5.32 Å². The zero-order valence-electron chi connectivity index (χ0n) is 15.7. The summed E-state index contributed by atoms with van der Waals surface area (Å²) in [6.45, 7) is 2.98. The first-order valence-electron chi connectivity index (χ1n) is 8.79. The minimum absolute atomic E-state index is 0.285. The number of carbonyl (C=O) groups excluding carboxylic acids is 2. The van der Waals surface area contributed by atoms with Crippen molar-refractivity contribution in [3.63, 3.8) is 0 Å². The molecule has 28 heavy (non-hydrogen) atoms. The molecule has 3 N–H and O–H groups in total. The molecule has 2 aromatic rings. The summed E-state index contributed by atoms with van der Waals surface area (Å²) in [5.74, 6) is -7.10. The van der Waals surface area contributed by atoms with E-state index in [1.54, 1.807) is 74.5 Å². The molecular formula is C21H23NO6. The molecule has 7 nitrogen and oxygen atoms in total. The van der Waals surface area contributed by atoms with Crippen molar-refractivity contribution in [3.05, 3.63) is 71.8 Å². The number of carboxylic acids is 1. The van der Waals surface area contributed by atoms with Crippen LogP contribution in [0.15, 0.2) is 60.7 Å². The Morgan fingerprint density at radius 1 is 1.00 bits per heavy atom. The Hall–Kier alpha value is -3.03. The molecule has 0 aliphatic heterocycles. The molecule has 0 heterocycles. The maximum Gasteiger partial charge on any atom is 0.372 e. The monoisotopic (exact) mass is 385 g/mol. The van der Waals surface area contributed by atoms with E-state index in [1.807, 2.05) is 0 Å². The molecular weight excluding hydrogens is 362 g/mol. The van der Waals surface area contributed by atoms with E-state index in [0.29, 0.717) is 11.1 Å². The van der Waals surface area contributed by atoms with Gasteiger partial charge in [-0.25, -0.2) is 4.79 Å². The number of rotatable bonds is 9. The summed E-state index contributed by atoms with van der Waals surface area (Å²) in [4.78, 5) is 36.9. The van der Waals surface area contributed by atoms with E-state index in [0.717, 1.165) is 0 Å². The fourth-order valence-electron chi connectivity index (χ4n) is 2.56. The van der Waals surface area contributed by atoms with Gasteiger partial charge in [-0.1, -0.05) is 62.4 Å². The Morgan fingerprint density at radius 3 is 2.04 bits per heavy atom. The molecule has 0 saturated heterocycles. The van der Waals surface area contributed by atoms with Gasteiger partial charge in [0.05, 0.1) is 12.6 Å². The van der Waals surface area contributed by atoms with Crippen LogP contribution >= 0.6 is 0 Å². The van der Waals surface area contributed by atoms with Crippen molar-refractivity contribution < 1.29 is 29.3 Å². The third kappa shape index (κ3) is 5.03. The number of ether oxygens (including phenoxy) is 1. The van der Waals surface area contributed by atoms with Crippen LogP contribution < -0.4 is 5.32 Å². The number of aliphatic carboxylic acids is 1. The molecule has 0 radical (unpaired) electrons. The van der Waals surface area contributed by atoms with Crippen molar-refractivity contribution in [3.8, 4) is 0 Å². The number of Topliss-reactive ketones (excluding diaryl/α,β-unsaturated/α-hetero) is 1. The fourth-order valence-corrected chi connectivity index (χ4v) is 2.56. The highest BCUT2D eigenvalue weighted by Gasteiger charge is 2.50. The number of carboxylic acid groups (broad SMARTS) is 1. The first-order chi connectivity index (χ1) is 13.3. The third-order valence-electron chi connectivity index (χ3n) is 4.19. The number of nitrogens with one attached hydrogen (secondary N) is 1. The Morgan fingerprint density at radius 2 is 1.54 bits per heavy atom. The van der Waals surface area contributed by atoms with Gasteiger partial charge in [-0.3, -0.25) is 9.59 Å². The van der Waals surface area contributed by atoms with Crippen LogP contribution in [-0.2, 0) is 20.9 Å². The summed E-state index contributed by atoms with van der Waals surface area (Å²) < 4.78 is 5.11. The molecule has 0 fully saturated rings. The van der Waals surface area contributed by atoms with Crippen LogP contribution in [0.1, 0.15) is 29.8 Å². The molecule has 0 aliphatic rings. The maximum atomic E-state index is 12.9. The zero-order valence-corrected chi connectivity index (χ0v) is 15.7. The molecule has 0 bridgehead atoms. The maximum absolute atomic E-state index is 12.9. The van der Waals surface area contributed by atoms with E-state index in [4.69, 9.17) is 4.74 Å². The van der Waals surface area contributed by atoms with Crippen LogP contribution in [0.3, 0.4) is 0 Å². The number of ketones is 1. The summed E-state index contributed by atoms with van der Waals surface area (Å²) in [6, 6.07) is 15.5. The highest BCUT2D eigenvalue weighted by Crippen LogP contribution is 2.19. The number of hydrogen-bond donors (Lipinski definition) is 3. The molecule has 2 aromatic carbocycles. The molecule has 0 saturated carbocycles. The highest BCUT2D eigenvalue weighted by molar-refractivity contribution is 6.09. The van der Waals surface area contributed by atoms with Crippen molar-refractivity contribution in [1.82, 2.24) is 5.32 Å². The summed E-state index contributed by atoms with van der Waals surface area (Å²) in [5, 5.41) is 22.5. The fraction of sp³-hybridized carbons (Fsp3) is 0.286. The Bertz CT molecular complexity index is 821. The lowest BCUT2D eigenvalue weighted by molar-refractivity contribution is -0.224. The van der Waals surface area contributed by atoms with E-state index in [-0.39, 0.29) is 6.61 Å². The predicted octanol–water partition coefficient (Wildman–Crippen LogP) is 2.00. The summed E-state index contributed by atoms with van der Waals surface area (Å²) >= 11 is 0. The van der Waals surface area contributed by atoms with Crippen LogP contribution in [0.4, 0.5) is 0 Å². The number of amides is 1. The van der Waals surface area contributed by atoms with Crippen LogP contribution in [0.25, 0.3) is 0 Å². The Kier molecular flexibility index (Phi) is 7.03. The Labute approximate surface area is 163 Å². The highest BCUT2D eigenvalue weighted by atomic mass is 16.6. The molecule has 2 atom stereocenters. The largest absolute Gasteiger partial charge is 0.477 e. The predicted molar refractivity (Wildman–Crippen MR) is 101 cm³/mol. The van der Waals surface area contributed by atoms with Gasteiger partial charge in [-0.2, -0.15) is 0 Å². The van der Waals surface area contributed by atoms with Crippen LogP contribution in [-0.4, -0.2) is 39.7 Å². The van der Waals surface area contributed by atoms with E-state index < -0.39 is 35.4 Å². The quantitative estimate of drug-likeness (QED) is 0.449. The smallest absolute Gasteiger partial charge is 0.372 e. The van der Waals surface area contributed by atoms with E-state index >= 15 is 0 Å². The Balaban J connectivity index is 2.21. The van der Waals surface area contributed by atoms with Gasteiger partial charge in [0.1, 0.15) is 0 Å². The van der Waals surface area contributed by atoms with Gasteiger partial charge in [0.15, 0.2) is 0 Å². The third-order valence-corrected chi connectivity index (χ3v) is 4.19. The minimum atomic E-state index is -3.09. The molecule has 0 spiro atoms. The van der Waals surface area contributed by atoms with Crippen molar-refractivity contribution >= 4 is 17.7 Å². The van der Waals surface area contributed by atoms with Crippen molar-refractivity contribution in [2.45, 2.75) is 32.3 Å². The molecule has 0 aliphatic carbocycles. The lowest BCUT2D eigenvalue weighted by atomic mass is 9.93. The average molecular weight is 385 g/mol. The topological polar surface area (TPSA) is 113 Å².